The lowest BCUT2D eigenvalue weighted by molar-refractivity contribution is 0.129. The van der Waals surface area contributed by atoms with Crippen LogP contribution in [0.3, 0.4) is 0 Å². The highest BCUT2D eigenvalue weighted by Crippen LogP contribution is 2.28. The van der Waals surface area contributed by atoms with Gasteiger partial charge >= 0.3 is 6.09 Å². The van der Waals surface area contributed by atoms with Crippen LogP contribution in [-0.2, 0) is 0 Å². The van der Waals surface area contributed by atoms with Crippen molar-refractivity contribution in [2.75, 3.05) is 13.1 Å². The number of piperidine rings is 1. The zero-order valence-corrected chi connectivity index (χ0v) is 16.2. The minimum absolute atomic E-state index is 0.189. The summed E-state index contributed by atoms with van der Waals surface area (Å²) in [5.74, 6) is 0.457. The molecule has 8 heteroatoms. The Hall–Kier alpha value is -2.93. The summed E-state index contributed by atoms with van der Waals surface area (Å²) in [5, 5.41) is 9.17. The first kappa shape index (κ1) is 18.4. The van der Waals surface area contributed by atoms with Gasteiger partial charge in [-0.1, -0.05) is 35.0 Å². The van der Waals surface area contributed by atoms with E-state index < -0.39 is 0 Å². The summed E-state index contributed by atoms with van der Waals surface area (Å²) in [6.07, 6.45) is 4.70. The molecule has 2 aromatic heterocycles. The zero-order chi connectivity index (χ0) is 19.5. The minimum atomic E-state index is -0.348. The Labute approximate surface area is 167 Å². The van der Waals surface area contributed by atoms with Crippen molar-refractivity contribution < 1.29 is 9.53 Å². The normalized spacial score (nSPS) is 14.9. The number of halogens is 1. The van der Waals surface area contributed by atoms with Crippen LogP contribution < -0.4 is 4.74 Å². The van der Waals surface area contributed by atoms with Gasteiger partial charge in [-0.2, -0.15) is 0 Å². The van der Waals surface area contributed by atoms with E-state index in [0.29, 0.717) is 23.9 Å². The maximum atomic E-state index is 12.3. The standard InChI is InChI=1S/C20H20ClN5O2/c1-14-6-7-16(12-22-14)28-20(27)25-10-8-15(9-11-25)26-13-19(23-24-26)17-4-2-3-5-18(17)21/h2-7,12-13,15H,8-11H2,1H3. The van der Waals surface area contributed by atoms with Gasteiger partial charge in [-0.15, -0.1) is 5.10 Å². The number of amides is 1. The van der Waals surface area contributed by atoms with Crippen LogP contribution in [0.15, 0.2) is 48.8 Å². The average molecular weight is 398 g/mol. The predicted octanol–water partition coefficient (Wildman–Crippen LogP) is 4.14. The third-order valence-electron chi connectivity index (χ3n) is 4.85. The maximum Gasteiger partial charge on any atom is 0.415 e. The molecular formula is C20H20ClN5O2. The Morgan fingerprint density at radius 1 is 1.18 bits per heavy atom. The molecule has 0 spiro atoms. The van der Waals surface area contributed by atoms with Crippen molar-refractivity contribution in [2.45, 2.75) is 25.8 Å². The van der Waals surface area contributed by atoms with E-state index in [-0.39, 0.29) is 12.1 Å². The fourth-order valence-corrected chi connectivity index (χ4v) is 3.47. The highest BCUT2D eigenvalue weighted by Gasteiger charge is 2.26. The van der Waals surface area contributed by atoms with Crippen molar-refractivity contribution in [3.8, 4) is 17.0 Å². The van der Waals surface area contributed by atoms with Gasteiger partial charge < -0.3 is 9.64 Å². The first-order chi connectivity index (χ1) is 13.6. The molecule has 1 saturated heterocycles. The van der Waals surface area contributed by atoms with Crippen LogP contribution in [0.2, 0.25) is 5.02 Å². The maximum absolute atomic E-state index is 12.3. The molecule has 1 aliphatic heterocycles. The molecule has 3 aromatic rings. The number of hydrogen-bond acceptors (Lipinski definition) is 5. The number of carbonyl (C=O) groups excluding carboxylic acids is 1. The summed E-state index contributed by atoms with van der Waals surface area (Å²) in [6.45, 7) is 3.09. The predicted molar refractivity (Wildman–Crippen MR) is 105 cm³/mol. The molecule has 0 aliphatic carbocycles. The molecule has 7 nitrogen and oxygen atoms in total. The van der Waals surface area contributed by atoms with E-state index in [4.69, 9.17) is 16.3 Å². The third kappa shape index (κ3) is 3.99. The number of benzene rings is 1. The van der Waals surface area contributed by atoms with Crippen molar-refractivity contribution in [1.82, 2.24) is 24.9 Å². The van der Waals surface area contributed by atoms with E-state index in [1.54, 1.807) is 17.2 Å². The van der Waals surface area contributed by atoms with Gasteiger partial charge in [0.2, 0.25) is 0 Å². The van der Waals surface area contributed by atoms with Crippen LogP contribution in [0.25, 0.3) is 11.3 Å². The van der Waals surface area contributed by atoms with E-state index >= 15 is 0 Å². The van der Waals surface area contributed by atoms with Crippen molar-refractivity contribution in [2.24, 2.45) is 0 Å². The van der Waals surface area contributed by atoms with Gasteiger partial charge in [-0.25, -0.2) is 9.48 Å². The van der Waals surface area contributed by atoms with Gasteiger partial charge in [0, 0.05) is 24.3 Å². The van der Waals surface area contributed by atoms with Gasteiger partial charge in [0.05, 0.1) is 23.5 Å². The first-order valence-electron chi connectivity index (χ1n) is 9.16. The van der Waals surface area contributed by atoms with Gasteiger partial charge in [0.1, 0.15) is 5.69 Å². The number of ether oxygens (including phenoxy) is 1. The highest BCUT2D eigenvalue weighted by atomic mass is 35.5. The lowest BCUT2D eigenvalue weighted by Crippen LogP contribution is -2.40. The van der Waals surface area contributed by atoms with E-state index in [0.717, 1.165) is 29.8 Å². The third-order valence-corrected chi connectivity index (χ3v) is 5.18. The van der Waals surface area contributed by atoms with Crippen LogP contribution in [-0.4, -0.2) is 44.1 Å². The summed E-state index contributed by atoms with van der Waals surface area (Å²) >= 11 is 6.24. The molecule has 28 heavy (non-hydrogen) atoms. The lowest BCUT2D eigenvalue weighted by Gasteiger charge is -2.30. The topological polar surface area (TPSA) is 73.1 Å². The molecule has 0 unspecified atom stereocenters. The molecule has 1 aromatic carbocycles. The number of rotatable bonds is 3. The fourth-order valence-electron chi connectivity index (χ4n) is 3.24. The quantitative estimate of drug-likeness (QED) is 0.664. The van der Waals surface area contributed by atoms with Crippen LogP contribution >= 0.6 is 11.6 Å². The van der Waals surface area contributed by atoms with Crippen molar-refractivity contribution in [1.29, 1.82) is 0 Å². The Bertz CT molecular complexity index is 965. The summed E-state index contributed by atoms with van der Waals surface area (Å²) in [4.78, 5) is 18.2. The summed E-state index contributed by atoms with van der Waals surface area (Å²) < 4.78 is 7.27. The minimum Gasteiger partial charge on any atom is -0.409 e. The van der Waals surface area contributed by atoms with Gasteiger partial charge in [0.25, 0.3) is 0 Å². The molecule has 0 atom stereocenters. The second-order valence-corrected chi connectivity index (χ2v) is 7.19. The SMILES string of the molecule is Cc1ccc(OC(=O)N2CCC(n3cc(-c4ccccc4Cl)nn3)CC2)cn1. The second-order valence-electron chi connectivity index (χ2n) is 6.79. The molecule has 144 valence electrons. The van der Waals surface area contributed by atoms with E-state index in [1.807, 2.05) is 48.1 Å². The van der Waals surface area contributed by atoms with E-state index in [9.17, 15) is 4.79 Å². The molecule has 0 radical (unpaired) electrons. The van der Waals surface area contributed by atoms with E-state index in [2.05, 4.69) is 15.3 Å². The fraction of sp³-hybridized carbons (Fsp3) is 0.300. The number of likely N-dealkylation sites (tertiary alicyclic amines) is 1. The molecule has 1 aliphatic rings. The Kier molecular flexibility index (Phi) is 5.25. The zero-order valence-electron chi connectivity index (χ0n) is 15.5. The number of pyridine rings is 1. The smallest absolute Gasteiger partial charge is 0.409 e. The second kappa shape index (κ2) is 7.98. The van der Waals surface area contributed by atoms with Crippen molar-refractivity contribution in [3.05, 3.63) is 59.5 Å². The van der Waals surface area contributed by atoms with Gasteiger partial charge in [-0.3, -0.25) is 4.98 Å². The first-order valence-corrected chi connectivity index (χ1v) is 9.54. The van der Waals surface area contributed by atoms with Crippen LogP contribution in [0.1, 0.15) is 24.6 Å². The molecular weight excluding hydrogens is 378 g/mol. The largest absolute Gasteiger partial charge is 0.415 e. The molecule has 3 heterocycles. The molecule has 4 rings (SSSR count). The summed E-state index contributed by atoms with van der Waals surface area (Å²) in [5.41, 5.74) is 2.49. The monoisotopic (exact) mass is 397 g/mol. The van der Waals surface area contributed by atoms with Crippen LogP contribution in [0.5, 0.6) is 5.75 Å². The number of aryl methyl sites for hydroxylation is 1. The molecule has 0 saturated carbocycles. The molecule has 0 bridgehead atoms. The summed E-state index contributed by atoms with van der Waals surface area (Å²) in [7, 11) is 0. The molecule has 1 fully saturated rings. The van der Waals surface area contributed by atoms with Crippen molar-refractivity contribution >= 4 is 17.7 Å². The van der Waals surface area contributed by atoms with Crippen LogP contribution in [0, 0.1) is 6.92 Å². The summed E-state index contributed by atoms with van der Waals surface area (Å²) in [6, 6.07) is 11.3. The Morgan fingerprint density at radius 2 is 1.96 bits per heavy atom. The number of hydrogen-bond donors (Lipinski definition) is 0. The van der Waals surface area contributed by atoms with Gasteiger partial charge in [-0.05, 0) is 38.0 Å². The van der Waals surface area contributed by atoms with E-state index in [1.165, 1.54) is 0 Å². The Morgan fingerprint density at radius 3 is 2.68 bits per heavy atom. The average Bonchev–Trinajstić information content (AvgIpc) is 3.20. The van der Waals surface area contributed by atoms with Crippen LogP contribution in [0.4, 0.5) is 4.79 Å². The lowest BCUT2D eigenvalue weighted by atomic mass is 10.1. The molecule has 1 amide bonds. The highest BCUT2D eigenvalue weighted by molar-refractivity contribution is 6.33. The van der Waals surface area contributed by atoms with Crippen molar-refractivity contribution in [3.63, 3.8) is 0 Å². The Balaban J connectivity index is 1.36. The van der Waals surface area contributed by atoms with Gasteiger partial charge in [0.15, 0.2) is 5.75 Å². The number of aromatic nitrogens is 4. The number of carbonyl (C=O) groups is 1. The number of nitrogens with zero attached hydrogens (tertiary/aromatic N) is 5. The molecule has 0 N–H and O–H groups in total.